The van der Waals surface area contributed by atoms with Crippen molar-refractivity contribution >= 4 is 0 Å². The number of likely N-dealkylation sites (N-methyl/N-ethyl adjacent to an activating group) is 2. The van der Waals surface area contributed by atoms with Crippen LogP contribution in [0.2, 0.25) is 0 Å². The van der Waals surface area contributed by atoms with E-state index in [9.17, 15) is 13.2 Å². The maximum absolute atomic E-state index is 12.6. The second-order valence-corrected chi connectivity index (χ2v) is 6.18. The molecule has 5 heteroatoms. The van der Waals surface area contributed by atoms with E-state index in [4.69, 9.17) is 0 Å². The molecule has 0 aromatic rings. The predicted octanol–water partition coefficient (Wildman–Crippen LogP) is 3.96. The Hall–Kier alpha value is -0.290. The molecule has 1 aliphatic carbocycles. The molecular weight excluding hydrogens is 265 g/mol. The highest BCUT2D eigenvalue weighted by Crippen LogP contribution is 2.37. The fourth-order valence-corrected chi connectivity index (χ4v) is 3.56. The second kappa shape index (κ2) is 7.64. The first-order chi connectivity index (χ1) is 9.32. The molecule has 1 rings (SSSR count). The number of rotatable bonds is 6. The lowest BCUT2D eigenvalue weighted by molar-refractivity contribution is -0.138. The summed E-state index contributed by atoms with van der Waals surface area (Å²) in [7, 11) is 4.03. The van der Waals surface area contributed by atoms with Crippen molar-refractivity contribution in [2.75, 3.05) is 20.6 Å². The van der Waals surface area contributed by atoms with Gasteiger partial charge in [0.1, 0.15) is 0 Å². The number of nitrogens with zero attached hydrogens (tertiary/aromatic N) is 1. The molecule has 0 amide bonds. The number of alkyl halides is 3. The summed E-state index contributed by atoms with van der Waals surface area (Å²) in [6, 6.07) is -0.0813. The summed E-state index contributed by atoms with van der Waals surface area (Å²) in [5.74, 6) is 0. The largest absolute Gasteiger partial charge is 0.389 e. The fraction of sp³-hybridized carbons (Fsp3) is 1.00. The number of nitrogens with one attached hydrogen (secondary N) is 1. The summed E-state index contributed by atoms with van der Waals surface area (Å²) < 4.78 is 37.8. The molecule has 1 N–H and O–H groups in total. The molecule has 0 bridgehead atoms. The van der Waals surface area contributed by atoms with Crippen LogP contribution in [0.25, 0.3) is 0 Å². The van der Waals surface area contributed by atoms with Gasteiger partial charge in [-0.3, -0.25) is 0 Å². The van der Waals surface area contributed by atoms with Crippen molar-refractivity contribution in [2.45, 2.75) is 76.0 Å². The van der Waals surface area contributed by atoms with Gasteiger partial charge < -0.3 is 10.2 Å². The van der Waals surface area contributed by atoms with Crippen LogP contribution in [-0.2, 0) is 0 Å². The Balaban J connectivity index is 2.86. The van der Waals surface area contributed by atoms with Crippen molar-refractivity contribution in [1.29, 1.82) is 0 Å². The molecule has 0 heterocycles. The van der Waals surface area contributed by atoms with Gasteiger partial charge in [-0.2, -0.15) is 13.2 Å². The van der Waals surface area contributed by atoms with Crippen LogP contribution in [0.3, 0.4) is 0 Å². The van der Waals surface area contributed by atoms with Gasteiger partial charge in [-0.05, 0) is 39.9 Å². The minimum Gasteiger partial charge on any atom is -0.312 e. The van der Waals surface area contributed by atoms with Gasteiger partial charge in [0.15, 0.2) is 0 Å². The third-order valence-corrected chi connectivity index (χ3v) is 4.68. The molecule has 0 aliphatic heterocycles. The molecule has 0 aromatic heterocycles. The highest BCUT2D eigenvalue weighted by molar-refractivity contribution is 4.99. The zero-order valence-corrected chi connectivity index (χ0v) is 13.0. The topological polar surface area (TPSA) is 15.3 Å². The zero-order chi connectivity index (χ0) is 15.2. The van der Waals surface area contributed by atoms with Gasteiger partial charge in [-0.1, -0.05) is 32.6 Å². The standard InChI is InChI=1S/C15H29F3N2/c1-4-19-13(9-12-15(16,17)18)14(20(2)3)10-7-5-6-8-11-14/h13,19H,4-12H2,1-3H3. The Bertz CT molecular complexity index is 269. The average Bonchev–Trinajstić information content (AvgIpc) is 2.59. The molecule has 0 aromatic carbocycles. The minimum absolute atomic E-state index is 0.0813. The monoisotopic (exact) mass is 294 g/mol. The van der Waals surface area contributed by atoms with Gasteiger partial charge in [0.2, 0.25) is 0 Å². The molecule has 1 atom stereocenters. The lowest BCUT2D eigenvalue weighted by atomic mass is 9.79. The summed E-state index contributed by atoms with van der Waals surface area (Å²) >= 11 is 0. The lowest BCUT2D eigenvalue weighted by Gasteiger charge is -2.46. The van der Waals surface area contributed by atoms with E-state index in [2.05, 4.69) is 10.2 Å². The van der Waals surface area contributed by atoms with Crippen LogP contribution in [0, 0.1) is 0 Å². The fourth-order valence-electron chi connectivity index (χ4n) is 3.56. The van der Waals surface area contributed by atoms with Crippen molar-refractivity contribution in [3.63, 3.8) is 0 Å². The summed E-state index contributed by atoms with van der Waals surface area (Å²) in [4.78, 5) is 2.17. The Morgan fingerprint density at radius 1 is 1.10 bits per heavy atom. The first-order valence-electron chi connectivity index (χ1n) is 7.79. The third-order valence-electron chi connectivity index (χ3n) is 4.68. The van der Waals surface area contributed by atoms with Gasteiger partial charge in [0, 0.05) is 18.0 Å². The first kappa shape index (κ1) is 17.8. The van der Waals surface area contributed by atoms with Gasteiger partial charge in [-0.25, -0.2) is 0 Å². The van der Waals surface area contributed by atoms with Crippen molar-refractivity contribution in [3.8, 4) is 0 Å². The van der Waals surface area contributed by atoms with Gasteiger partial charge in [-0.15, -0.1) is 0 Å². The van der Waals surface area contributed by atoms with Crippen molar-refractivity contribution in [2.24, 2.45) is 0 Å². The van der Waals surface area contributed by atoms with Crippen LogP contribution in [0.15, 0.2) is 0 Å². The van der Waals surface area contributed by atoms with Crippen LogP contribution in [0.1, 0.15) is 58.3 Å². The summed E-state index contributed by atoms with van der Waals surface area (Å²) in [6.07, 6.45) is 2.05. The Morgan fingerprint density at radius 2 is 1.65 bits per heavy atom. The zero-order valence-electron chi connectivity index (χ0n) is 13.0. The Kier molecular flexibility index (Phi) is 6.79. The van der Waals surface area contributed by atoms with Gasteiger partial charge in [0.25, 0.3) is 0 Å². The van der Waals surface area contributed by atoms with E-state index in [1.54, 1.807) is 0 Å². The molecule has 0 radical (unpaired) electrons. The van der Waals surface area contributed by atoms with Gasteiger partial charge >= 0.3 is 6.18 Å². The van der Waals surface area contributed by atoms with E-state index in [1.807, 2.05) is 21.0 Å². The Morgan fingerprint density at radius 3 is 2.05 bits per heavy atom. The highest BCUT2D eigenvalue weighted by Gasteiger charge is 2.42. The molecule has 2 nitrogen and oxygen atoms in total. The Labute approximate surface area is 121 Å². The molecular formula is C15H29F3N2. The van der Waals surface area contributed by atoms with E-state index in [1.165, 1.54) is 12.8 Å². The highest BCUT2D eigenvalue weighted by atomic mass is 19.4. The third kappa shape index (κ3) is 4.92. The maximum Gasteiger partial charge on any atom is 0.389 e. The van der Waals surface area contributed by atoms with Crippen molar-refractivity contribution in [3.05, 3.63) is 0 Å². The normalized spacial score (nSPS) is 21.8. The van der Waals surface area contributed by atoms with Crippen LogP contribution in [-0.4, -0.2) is 43.3 Å². The van der Waals surface area contributed by atoms with Crippen molar-refractivity contribution < 1.29 is 13.2 Å². The molecule has 1 unspecified atom stereocenters. The van der Waals surface area contributed by atoms with Crippen molar-refractivity contribution in [1.82, 2.24) is 10.2 Å². The second-order valence-electron chi connectivity index (χ2n) is 6.18. The molecule has 0 saturated heterocycles. The molecule has 1 fully saturated rings. The van der Waals surface area contributed by atoms with E-state index < -0.39 is 12.6 Å². The summed E-state index contributed by atoms with van der Waals surface area (Å²) in [5.41, 5.74) is -0.127. The smallest absolute Gasteiger partial charge is 0.312 e. The van der Waals surface area contributed by atoms with Crippen LogP contribution >= 0.6 is 0 Å². The molecule has 1 saturated carbocycles. The SMILES string of the molecule is CCNC(CCC(F)(F)F)C1(N(C)C)CCCCCC1. The van der Waals surface area contributed by atoms with Crippen LogP contribution < -0.4 is 5.32 Å². The first-order valence-corrected chi connectivity index (χ1v) is 7.79. The molecule has 1 aliphatic rings. The number of halogens is 3. The summed E-state index contributed by atoms with van der Waals surface area (Å²) in [5, 5.41) is 3.33. The molecule has 0 spiro atoms. The van der Waals surface area contributed by atoms with E-state index in [-0.39, 0.29) is 18.0 Å². The van der Waals surface area contributed by atoms with E-state index in [0.29, 0.717) is 0 Å². The summed E-state index contributed by atoms with van der Waals surface area (Å²) in [6.45, 7) is 2.69. The average molecular weight is 294 g/mol. The van der Waals surface area contributed by atoms with E-state index in [0.717, 1.165) is 32.2 Å². The minimum atomic E-state index is -4.06. The number of hydrogen-bond acceptors (Lipinski definition) is 2. The quantitative estimate of drug-likeness (QED) is 0.746. The van der Waals surface area contributed by atoms with Crippen LogP contribution in [0.5, 0.6) is 0 Å². The maximum atomic E-state index is 12.6. The lowest BCUT2D eigenvalue weighted by Crippen LogP contribution is -2.59. The number of hydrogen-bond donors (Lipinski definition) is 1. The molecule has 120 valence electrons. The predicted molar refractivity (Wildman–Crippen MR) is 76.9 cm³/mol. The molecule has 20 heavy (non-hydrogen) atoms. The van der Waals surface area contributed by atoms with E-state index >= 15 is 0 Å². The van der Waals surface area contributed by atoms with Crippen LogP contribution in [0.4, 0.5) is 13.2 Å². The van der Waals surface area contributed by atoms with Gasteiger partial charge in [0.05, 0.1) is 0 Å².